The number of hydrogen-bond acceptors (Lipinski definition) is 5. The van der Waals surface area contributed by atoms with E-state index in [0.29, 0.717) is 6.04 Å². The van der Waals surface area contributed by atoms with Gasteiger partial charge in [0.2, 0.25) is 11.1 Å². The average Bonchev–Trinajstić information content (AvgIpc) is 3.28. The summed E-state index contributed by atoms with van der Waals surface area (Å²) in [4.78, 5) is 14.9. The number of carbonyl (C=O) groups is 1. The monoisotopic (exact) mass is 357 g/mol. The lowest BCUT2D eigenvalue weighted by molar-refractivity contribution is -0.117. The fraction of sp³-hybridized carbons (Fsp3) is 0.556. The van der Waals surface area contributed by atoms with Gasteiger partial charge in [0, 0.05) is 12.2 Å². The van der Waals surface area contributed by atoms with Crippen LogP contribution in [0.25, 0.3) is 0 Å². The zero-order chi connectivity index (χ0) is 17.2. The van der Waals surface area contributed by atoms with E-state index in [0.717, 1.165) is 36.7 Å². The molecule has 1 aromatic carbocycles. The van der Waals surface area contributed by atoms with Crippen molar-refractivity contribution < 1.29 is 4.79 Å². The molecule has 1 amide bonds. The minimum atomic E-state index is -0.209. The van der Waals surface area contributed by atoms with Crippen molar-refractivity contribution in [2.45, 2.75) is 61.9 Å². The van der Waals surface area contributed by atoms with E-state index in [-0.39, 0.29) is 11.2 Å². The Labute approximate surface area is 152 Å². The van der Waals surface area contributed by atoms with E-state index in [4.69, 9.17) is 0 Å². The fourth-order valence-electron chi connectivity index (χ4n) is 3.81. The summed E-state index contributed by atoms with van der Waals surface area (Å²) in [6.07, 6.45) is 6.94. The van der Waals surface area contributed by atoms with E-state index < -0.39 is 0 Å². The number of carbonyl (C=O) groups excluding carboxylic acids is 1. The van der Waals surface area contributed by atoms with Crippen molar-refractivity contribution in [3.63, 3.8) is 0 Å². The molecule has 0 spiro atoms. The molecule has 1 fully saturated rings. The molecule has 4 rings (SSSR count). The summed E-state index contributed by atoms with van der Waals surface area (Å²) in [5.41, 5.74) is 2.30. The van der Waals surface area contributed by atoms with Crippen molar-refractivity contribution in [3.05, 3.63) is 29.8 Å². The maximum atomic E-state index is 12.9. The van der Waals surface area contributed by atoms with Crippen LogP contribution in [0.2, 0.25) is 0 Å². The van der Waals surface area contributed by atoms with E-state index in [1.165, 1.54) is 36.6 Å². The van der Waals surface area contributed by atoms with Gasteiger partial charge in [0.05, 0.1) is 11.3 Å². The number of tetrazole rings is 1. The lowest BCUT2D eigenvalue weighted by Gasteiger charge is -2.24. The lowest BCUT2D eigenvalue weighted by Crippen LogP contribution is -2.35. The number of thioether (sulfide) groups is 1. The molecule has 2 heterocycles. The molecule has 1 aliphatic heterocycles. The highest BCUT2D eigenvalue weighted by Gasteiger charge is 2.30. The second kappa shape index (κ2) is 7.15. The average molecular weight is 357 g/mol. The zero-order valence-electron chi connectivity index (χ0n) is 14.5. The summed E-state index contributed by atoms with van der Waals surface area (Å²) < 4.78 is 1.94. The van der Waals surface area contributed by atoms with Gasteiger partial charge in [0.15, 0.2) is 0 Å². The Morgan fingerprint density at radius 1 is 1.24 bits per heavy atom. The van der Waals surface area contributed by atoms with Gasteiger partial charge in [0.1, 0.15) is 0 Å². The summed E-state index contributed by atoms with van der Waals surface area (Å²) >= 11 is 1.48. The first-order valence-electron chi connectivity index (χ1n) is 9.08. The van der Waals surface area contributed by atoms with Gasteiger partial charge in [-0.05, 0) is 48.2 Å². The first-order valence-corrected chi connectivity index (χ1v) is 9.96. The third-order valence-electron chi connectivity index (χ3n) is 5.17. The number of amides is 1. The quantitative estimate of drug-likeness (QED) is 0.786. The number of anilines is 1. The van der Waals surface area contributed by atoms with Gasteiger partial charge in [-0.15, -0.1) is 5.10 Å². The molecule has 0 saturated heterocycles. The normalized spacial score (nSPS) is 19.0. The number of benzene rings is 1. The predicted octanol–water partition coefficient (Wildman–Crippen LogP) is 3.25. The van der Waals surface area contributed by atoms with Crippen molar-refractivity contribution >= 4 is 23.4 Å². The van der Waals surface area contributed by atoms with Crippen LogP contribution in [0.15, 0.2) is 29.4 Å². The molecular formula is C18H23N5OS. The summed E-state index contributed by atoms with van der Waals surface area (Å²) in [7, 11) is 0. The van der Waals surface area contributed by atoms with Crippen LogP contribution < -0.4 is 4.90 Å². The van der Waals surface area contributed by atoms with E-state index in [9.17, 15) is 4.79 Å². The minimum Gasteiger partial charge on any atom is -0.311 e. The molecule has 2 aliphatic rings. The van der Waals surface area contributed by atoms with Crippen LogP contribution in [0.3, 0.4) is 0 Å². The van der Waals surface area contributed by atoms with E-state index in [1.54, 1.807) is 0 Å². The first kappa shape index (κ1) is 16.6. The number of rotatable bonds is 4. The molecule has 2 aromatic rings. The van der Waals surface area contributed by atoms with Crippen LogP contribution >= 0.6 is 11.8 Å². The fourth-order valence-corrected chi connectivity index (χ4v) is 4.73. The molecule has 6 nitrogen and oxygen atoms in total. The Bertz CT molecular complexity index is 755. The second-order valence-corrected chi connectivity index (χ2v) is 8.13. The highest BCUT2D eigenvalue weighted by atomic mass is 32.2. The first-order chi connectivity index (χ1) is 12.2. The van der Waals surface area contributed by atoms with E-state index in [1.807, 2.05) is 34.7 Å². The number of para-hydroxylation sites is 1. The van der Waals surface area contributed by atoms with Gasteiger partial charge in [0.25, 0.3) is 0 Å². The van der Waals surface area contributed by atoms with Crippen LogP contribution in [0.1, 0.15) is 50.6 Å². The molecule has 0 N–H and O–H groups in total. The molecule has 1 saturated carbocycles. The molecule has 132 valence electrons. The molecule has 7 heteroatoms. The van der Waals surface area contributed by atoms with Crippen molar-refractivity contribution in [2.24, 2.45) is 0 Å². The molecular weight excluding hydrogens is 334 g/mol. The molecule has 1 aromatic heterocycles. The standard InChI is InChI=1S/C18H23N5OS/c1-13(17(24)22-12-11-14-7-5-6-10-16(14)22)25-18-19-20-21-23(18)15-8-3-2-4-9-15/h5-7,10,13,15H,2-4,8-9,11-12H2,1H3/t13-/m0/s1. The van der Waals surface area contributed by atoms with Gasteiger partial charge in [-0.2, -0.15) is 0 Å². The summed E-state index contributed by atoms with van der Waals surface area (Å²) in [6.45, 7) is 2.71. The second-order valence-electron chi connectivity index (χ2n) is 6.83. The minimum absolute atomic E-state index is 0.133. The zero-order valence-corrected chi connectivity index (χ0v) is 15.3. The Morgan fingerprint density at radius 3 is 2.88 bits per heavy atom. The Morgan fingerprint density at radius 2 is 2.04 bits per heavy atom. The van der Waals surface area contributed by atoms with Gasteiger partial charge in [-0.3, -0.25) is 4.79 Å². The van der Waals surface area contributed by atoms with Crippen molar-refractivity contribution in [3.8, 4) is 0 Å². The van der Waals surface area contributed by atoms with E-state index in [2.05, 4.69) is 21.6 Å². The molecule has 0 bridgehead atoms. The van der Waals surface area contributed by atoms with Gasteiger partial charge >= 0.3 is 0 Å². The molecule has 0 radical (unpaired) electrons. The predicted molar refractivity (Wildman–Crippen MR) is 97.8 cm³/mol. The third-order valence-corrected chi connectivity index (χ3v) is 6.20. The number of hydrogen-bond donors (Lipinski definition) is 0. The van der Waals surface area contributed by atoms with Gasteiger partial charge < -0.3 is 4.90 Å². The summed E-state index contributed by atoms with van der Waals surface area (Å²) in [6, 6.07) is 8.53. The topological polar surface area (TPSA) is 63.9 Å². The van der Waals surface area contributed by atoms with Crippen LogP contribution in [0.4, 0.5) is 5.69 Å². The molecule has 1 aliphatic carbocycles. The summed E-state index contributed by atoms with van der Waals surface area (Å²) in [5.74, 6) is 0.133. The van der Waals surface area contributed by atoms with Gasteiger partial charge in [-0.25, -0.2) is 4.68 Å². The smallest absolute Gasteiger partial charge is 0.240 e. The lowest BCUT2D eigenvalue weighted by atomic mass is 9.96. The maximum Gasteiger partial charge on any atom is 0.240 e. The molecule has 25 heavy (non-hydrogen) atoms. The van der Waals surface area contributed by atoms with Crippen LogP contribution in [-0.2, 0) is 11.2 Å². The number of fused-ring (bicyclic) bond motifs is 1. The van der Waals surface area contributed by atoms with E-state index >= 15 is 0 Å². The molecule has 1 atom stereocenters. The maximum absolute atomic E-state index is 12.9. The van der Waals surface area contributed by atoms with Crippen molar-refractivity contribution in [1.82, 2.24) is 20.2 Å². The Hall–Kier alpha value is -1.89. The highest BCUT2D eigenvalue weighted by molar-refractivity contribution is 8.00. The Balaban J connectivity index is 1.47. The number of aromatic nitrogens is 4. The van der Waals surface area contributed by atoms with Crippen molar-refractivity contribution in [1.29, 1.82) is 0 Å². The summed E-state index contributed by atoms with van der Waals surface area (Å²) in [5, 5.41) is 12.8. The third kappa shape index (κ3) is 3.29. The largest absolute Gasteiger partial charge is 0.311 e. The number of nitrogens with zero attached hydrogens (tertiary/aromatic N) is 5. The van der Waals surface area contributed by atoms with Crippen molar-refractivity contribution in [2.75, 3.05) is 11.4 Å². The van der Waals surface area contributed by atoms with Gasteiger partial charge in [-0.1, -0.05) is 49.2 Å². The molecule has 0 unspecified atom stereocenters. The Kier molecular flexibility index (Phi) is 4.74. The van der Waals surface area contributed by atoms with Crippen LogP contribution in [0.5, 0.6) is 0 Å². The van der Waals surface area contributed by atoms with Crippen LogP contribution in [-0.4, -0.2) is 37.9 Å². The highest BCUT2D eigenvalue weighted by Crippen LogP contribution is 2.33. The van der Waals surface area contributed by atoms with Crippen LogP contribution in [0, 0.1) is 0 Å². The SMILES string of the molecule is C[C@H](Sc1nnnn1C1CCCCC1)C(=O)N1CCc2ccccc21.